The lowest BCUT2D eigenvalue weighted by atomic mass is 10.4. The third kappa shape index (κ3) is 1.18. The summed E-state index contributed by atoms with van der Waals surface area (Å²) in [6.07, 6.45) is 0.389. The van der Waals surface area contributed by atoms with E-state index in [9.17, 15) is 0 Å². The van der Waals surface area contributed by atoms with Crippen LogP contribution in [0.1, 0.15) is 0 Å². The fourth-order valence-corrected chi connectivity index (χ4v) is 0.585. The first-order chi connectivity index (χ1) is 3.72. The van der Waals surface area contributed by atoms with E-state index in [0.717, 1.165) is 6.61 Å². The molecule has 1 heterocycles. The van der Waals surface area contributed by atoms with E-state index in [1.54, 1.807) is 0 Å². The van der Waals surface area contributed by atoms with E-state index in [4.69, 9.17) is 10.5 Å². The average Bonchev–Trinajstić information content (AvgIpc) is 2.43. The summed E-state index contributed by atoms with van der Waals surface area (Å²) in [5.41, 5.74) is 5.62. The summed E-state index contributed by atoms with van der Waals surface area (Å²) in [4.78, 5) is 1.96. The quantitative estimate of drug-likeness (QED) is 0.380. The molecule has 2 unspecified atom stereocenters. The maximum absolute atomic E-state index is 5.62. The van der Waals surface area contributed by atoms with Crippen molar-refractivity contribution in [2.24, 2.45) is 5.73 Å². The van der Waals surface area contributed by atoms with Crippen molar-refractivity contribution >= 4 is 0 Å². The van der Waals surface area contributed by atoms with Crippen molar-refractivity contribution in [1.82, 2.24) is 4.90 Å². The smallest absolute Gasteiger partial charge is 0.109 e. The molecule has 0 aliphatic carbocycles. The van der Waals surface area contributed by atoms with Gasteiger partial charge in [0.05, 0.1) is 12.8 Å². The number of hydrogen-bond acceptors (Lipinski definition) is 3. The molecule has 0 aromatic rings. The van der Waals surface area contributed by atoms with Crippen LogP contribution in [0.15, 0.2) is 0 Å². The Kier molecular flexibility index (Phi) is 1.51. The Balaban J connectivity index is 2.22. The van der Waals surface area contributed by atoms with Gasteiger partial charge >= 0.3 is 0 Å². The predicted octanol–water partition coefficient (Wildman–Crippen LogP) is -0.768. The molecule has 0 aromatic carbocycles. The molecule has 0 radical (unpaired) electrons. The fourth-order valence-electron chi connectivity index (χ4n) is 0.585. The van der Waals surface area contributed by atoms with E-state index < -0.39 is 0 Å². The molecule has 3 heteroatoms. The number of likely N-dealkylation sites (N-methyl/N-ethyl adjacent to an activating group) is 1. The molecule has 1 saturated heterocycles. The van der Waals surface area contributed by atoms with Crippen molar-refractivity contribution in [3.05, 3.63) is 0 Å². The van der Waals surface area contributed by atoms with Gasteiger partial charge in [0.15, 0.2) is 0 Å². The second kappa shape index (κ2) is 2.01. The molecule has 1 aliphatic rings. The van der Waals surface area contributed by atoms with Crippen LogP contribution < -0.4 is 5.73 Å². The fraction of sp³-hybridized carbons (Fsp3) is 1.00. The Labute approximate surface area is 49.4 Å². The second-order valence-electron chi connectivity index (χ2n) is 2.33. The van der Waals surface area contributed by atoms with Crippen LogP contribution in [-0.4, -0.2) is 37.9 Å². The molecule has 8 heavy (non-hydrogen) atoms. The average molecular weight is 116 g/mol. The number of ether oxygens (including phenoxy) is 1. The highest BCUT2D eigenvalue weighted by molar-refractivity contribution is 4.79. The first-order valence-corrected chi connectivity index (χ1v) is 2.75. The van der Waals surface area contributed by atoms with Crippen LogP contribution in [-0.2, 0) is 4.74 Å². The van der Waals surface area contributed by atoms with Crippen LogP contribution in [0.5, 0.6) is 0 Å². The van der Waals surface area contributed by atoms with Gasteiger partial charge in [-0.2, -0.15) is 0 Å². The minimum atomic E-state index is 0.0926. The van der Waals surface area contributed by atoms with E-state index in [1.807, 2.05) is 19.0 Å². The van der Waals surface area contributed by atoms with Crippen LogP contribution in [0.4, 0.5) is 0 Å². The number of hydrogen-bond donors (Lipinski definition) is 1. The molecule has 1 aliphatic heterocycles. The molecule has 3 nitrogen and oxygen atoms in total. The summed E-state index contributed by atoms with van der Waals surface area (Å²) in [6.45, 7) is 0.833. The highest BCUT2D eigenvalue weighted by atomic mass is 16.6. The number of nitrogens with two attached hydrogens (primary N) is 1. The van der Waals surface area contributed by atoms with Crippen LogP contribution in [0.2, 0.25) is 0 Å². The van der Waals surface area contributed by atoms with Crippen LogP contribution in [0.25, 0.3) is 0 Å². The first kappa shape index (κ1) is 6.01. The topological polar surface area (TPSA) is 41.8 Å². The van der Waals surface area contributed by atoms with Crippen LogP contribution in [0.3, 0.4) is 0 Å². The molecule has 0 bridgehead atoms. The molecular weight excluding hydrogens is 104 g/mol. The molecule has 48 valence electrons. The largest absolute Gasteiger partial charge is 0.370 e. The minimum absolute atomic E-state index is 0.0926. The van der Waals surface area contributed by atoms with Gasteiger partial charge in [-0.1, -0.05) is 0 Å². The van der Waals surface area contributed by atoms with Gasteiger partial charge in [0, 0.05) is 0 Å². The molecule has 1 rings (SSSR count). The monoisotopic (exact) mass is 116 g/mol. The molecule has 0 amide bonds. The van der Waals surface area contributed by atoms with E-state index in [-0.39, 0.29) is 6.17 Å². The van der Waals surface area contributed by atoms with Crippen molar-refractivity contribution in [3.8, 4) is 0 Å². The lowest BCUT2D eigenvalue weighted by Crippen LogP contribution is -2.40. The Morgan fingerprint density at radius 1 is 1.75 bits per heavy atom. The summed E-state index contributed by atoms with van der Waals surface area (Å²) < 4.78 is 4.96. The van der Waals surface area contributed by atoms with Gasteiger partial charge in [-0.3, -0.25) is 4.90 Å². The van der Waals surface area contributed by atoms with E-state index in [0.29, 0.717) is 6.10 Å². The highest BCUT2D eigenvalue weighted by Crippen LogP contribution is 2.12. The third-order valence-electron chi connectivity index (χ3n) is 1.34. The van der Waals surface area contributed by atoms with Gasteiger partial charge < -0.3 is 10.5 Å². The van der Waals surface area contributed by atoms with Gasteiger partial charge in [0.25, 0.3) is 0 Å². The molecule has 0 saturated carbocycles. The molecule has 0 spiro atoms. The molecule has 0 aromatic heterocycles. The first-order valence-electron chi connectivity index (χ1n) is 2.75. The third-order valence-corrected chi connectivity index (χ3v) is 1.34. The molecule has 1 fully saturated rings. The maximum atomic E-state index is 5.62. The number of epoxide rings is 1. The number of rotatable bonds is 2. The Bertz CT molecular complexity index is 78.5. The van der Waals surface area contributed by atoms with E-state index >= 15 is 0 Å². The SMILES string of the molecule is CN(C)C(N)C1CO1. The highest BCUT2D eigenvalue weighted by Gasteiger charge is 2.30. The van der Waals surface area contributed by atoms with Crippen LogP contribution >= 0.6 is 0 Å². The van der Waals surface area contributed by atoms with Crippen molar-refractivity contribution in [3.63, 3.8) is 0 Å². The summed E-state index contributed by atoms with van der Waals surface area (Å²) in [6, 6.07) is 0. The summed E-state index contributed by atoms with van der Waals surface area (Å²) in [5, 5.41) is 0. The van der Waals surface area contributed by atoms with Crippen molar-refractivity contribution in [2.75, 3.05) is 20.7 Å². The second-order valence-corrected chi connectivity index (χ2v) is 2.33. The summed E-state index contributed by atoms with van der Waals surface area (Å²) >= 11 is 0. The van der Waals surface area contributed by atoms with Crippen molar-refractivity contribution in [1.29, 1.82) is 0 Å². The maximum Gasteiger partial charge on any atom is 0.109 e. The zero-order valence-electron chi connectivity index (χ0n) is 5.29. The summed E-state index contributed by atoms with van der Waals surface area (Å²) in [7, 11) is 3.90. The zero-order chi connectivity index (χ0) is 6.15. The van der Waals surface area contributed by atoms with Crippen LogP contribution in [0, 0.1) is 0 Å². The predicted molar refractivity (Wildman–Crippen MR) is 31.4 cm³/mol. The van der Waals surface area contributed by atoms with Gasteiger partial charge in [-0.25, -0.2) is 0 Å². The van der Waals surface area contributed by atoms with Gasteiger partial charge in [0.1, 0.15) is 6.10 Å². The van der Waals surface area contributed by atoms with Crippen molar-refractivity contribution < 1.29 is 4.74 Å². The van der Waals surface area contributed by atoms with E-state index in [2.05, 4.69) is 0 Å². The Morgan fingerprint density at radius 2 is 2.25 bits per heavy atom. The zero-order valence-corrected chi connectivity index (χ0v) is 5.29. The van der Waals surface area contributed by atoms with Gasteiger partial charge in [0.2, 0.25) is 0 Å². The Hall–Kier alpha value is -0.120. The van der Waals surface area contributed by atoms with Gasteiger partial charge in [-0.15, -0.1) is 0 Å². The molecule has 2 N–H and O–H groups in total. The van der Waals surface area contributed by atoms with Crippen molar-refractivity contribution in [2.45, 2.75) is 12.3 Å². The normalized spacial score (nSPS) is 30.8. The van der Waals surface area contributed by atoms with Gasteiger partial charge in [-0.05, 0) is 14.1 Å². The lowest BCUT2D eigenvalue weighted by Gasteiger charge is -2.16. The molecule has 2 atom stereocenters. The molecular formula is C5H12N2O. The summed E-state index contributed by atoms with van der Waals surface area (Å²) in [5.74, 6) is 0. The Morgan fingerprint density at radius 3 is 2.38 bits per heavy atom. The van der Waals surface area contributed by atoms with E-state index in [1.165, 1.54) is 0 Å². The number of nitrogens with zero attached hydrogens (tertiary/aromatic N) is 1. The lowest BCUT2D eigenvalue weighted by molar-refractivity contribution is 0.235. The minimum Gasteiger partial charge on any atom is -0.370 e. The standard InChI is InChI=1S/C5H12N2O/c1-7(2)5(6)4-3-8-4/h4-5H,3,6H2,1-2H3.